The zero-order chi connectivity index (χ0) is 24.9. The number of nitrogens with one attached hydrogen (secondary N) is 1. The second-order valence-corrected chi connectivity index (χ2v) is 8.92. The van der Waals surface area contributed by atoms with Gasteiger partial charge in [0, 0.05) is 42.9 Å². The molecule has 3 heterocycles. The summed E-state index contributed by atoms with van der Waals surface area (Å²) in [6.07, 6.45) is 12.3. The topological polar surface area (TPSA) is 49.2 Å². The fraction of sp³-hybridized carbons (Fsp3) is 0.462. The van der Waals surface area contributed by atoms with Crippen LogP contribution in [0, 0.1) is 5.82 Å². The van der Waals surface area contributed by atoms with E-state index in [2.05, 4.69) is 53.8 Å². The average Bonchev–Trinajstić information content (AvgIpc) is 3.51. The molecule has 8 heteroatoms. The summed E-state index contributed by atoms with van der Waals surface area (Å²) in [6, 6.07) is 6.54. The quantitative estimate of drug-likeness (QED) is 0.341. The van der Waals surface area contributed by atoms with E-state index in [1.807, 2.05) is 6.20 Å². The lowest BCUT2D eigenvalue weighted by molar-refractivity contribution is 0.295. The molecular weight excluding hydrogens is 471 g/mol. The van der Waals surface area contributed by atoms with Gasteiger partial charge in [-0.15, -0.1) is 0 Å². The van der Waals surface area contributed by atoms with E-state index < -0.39 is 0 Å². The molecule has 1 unspecified atom stereocenters. The van der Waals surface area contributed by atoms with Gasteiger partial charge in [-0.1, -0.05) is 68.9 Å². The maximum absolute atomic E-state index is 12.2. The summed E-state index contributed by atoms with van der Waals surface area (Å²) < 4.78 is 21.3. The van der Waals surface area contributed by atoms with Gasteiger partial charge < -0.3 is 9.64 Å². The molecule has 1 aromatic rings. The smallest absolute Gasteiger partial charge is 0.150 e. The van der Waals surface area contributed by atoms with Gasteiger partial charge in [-0.2, -0.15) is 0 Å². The summed E-state index contributed by atoms with van der Waals surface area (Å²) in [5.41, 5.74) is 3.62. The van der Waals surface area contributed by atoms with Crippen molar-refractivity contribution in [1.82, 2.24) is 9.62 Å². The van der Waals surface area contributed by atoms with Crippen molar-refractivity contribution in [3.05, 3.63) is 70.5 Å². The summed E-state index contributed by atoms with van der Waals surface area (Å²) in [5.74, 6) is 1.63. The van der Waals surface area contributed by atoms with Crippen LogP contribution in [0.1, 0.15) is 46.5 Å². The van der Waals surface area contributed by atoms with Crippen LogP contribution in [-0.4, -0.2) is 48.9 Å². The second kappa shape index (κ2) is 15.0. The first-order valence-electron chi connectivity index (χ1n) is 11.7. The predicted octanol–water partition coefficient (Wildman–Crippen LogP) is 6.79. The van der Waals surface area contributed by atoms with E-state index in [1.54, 1.807) is 31.2 Å². The number of allylic oxidation sites excluding steroid dienone is 2. The fourth-order valence-electron chi connectivity index (χ4n) is 3.75. The molecular formula is C26H36ClFN4OS. The molecule has 1 N–H and O–H groups in total. The first kappa shape index (κ1) is 28.1. The number of fused-ring (bicyclic) bond motifs is 1. The third-order valence-corrected chi connectivity index (χ3v) is 5.96. The Bertz CT molecular complexity index is 937. The lowest BCUT2D eigenvalue weighted by atomic mass is 10.1. The summed E-state index contributed by atoms with van der Waals surface area (Å²) in [4.78, 5) is 11.7. The largest absolute Gasteiger partial charge is 0.497 e. The van der Waals surface area contributed by atoms with Crippen molar-refractivity contribution in [3.63, 3.8) is 0 Å². The van der Waals surface area contributed by atoms with Gasteiger partial charge >= 0.3 is 0 Å². The zero-order valence-electron chi connectivity index (χ0n) is 20.8. The minimum Gasteiger partial charge on any atom is -0.497 e. The first-order valence-corrected chi connectivity index (χ1v) is 13.3. The Morgan fingerprint density at radius 2 is 2.06 bits per heavy atom. The van der Waals surface area contributed by atoms with Crippen molar-refractivity contribution in [2.24, 2.45) is 9.98 Å². The monoisotopic (exact) mass is 506 g/mol. The van der Waals surface area contributed by atoms with E-state index in [4.69, 9.17) is 21.3 Å². The molecule has 0 saturated carbocycles. The molecule has 0 spiro atoms. The number of rotatable bonds is 6. The number of benzene rings is 1. The molecule has 3 aliphatic rings. The SMILES string of the molecule is CC/C=C(\OC)C1=C2CC(NSC)CN2C(C2=NC=CC2)=NC1.CCC.Fc1ccccc1Cl. The Balaban J connectivity index is 0.000000309. The molecule has 0 aliphatic carbocycles. The van der Waals surface area contributed by atoms with Crippen molar-refractivity contribution in [1.29, 1.82) is 0 Å². The Kier molecular flexibility index (Phi) is 12.4. The van der Waals surface area contributed by atoms with Crippen molar-refractivity contribution >= 4 is 35.1 Å². The maximum atomic E-state index is 12.2. The lowest BCUT2D eigenvalue weighted by Gasteiger charge is -2.29. The highest BCUT2D eigenvalue weighted by Gasteiger charge is 2.36. The number of methoxy groups -OCH3 is 1. The molecule has 34 heavy (non-hydrogen) atoms. The van der Waals surface area contributed by atoms with E-state index in [9.17, 15) is 4.39 Å². The number of halogens is 2. The van der Waals surface area contributed by atoms with Gasteiger partial charge in [0.25, 0.3) is 0 Å². The van der Waals surface area contributed by atoms with E-state index >= 15 is 0 Å². The third-order valence-electron chi connectivity index (χ3n) is 5.08. The van der Waals surface area contributed by atoms with Gasteiger partial charge in [-0.25, -0.2) is 4.39 Å². The zero-order valence-corrected chi connectivity index (χ0v) is 22.3. The highest BCUT2D eigenvalue weighted by molar-refractivity contribution is 7.96. The Morgan fingerprint density at radius 3 is 2.59 bits per heavy atom. The maximum Gasteiger partial charge on any atom is 0.150 e. The van der Waals surface area contributed by atoms with Crippen molar-refractivity contribution in [3.8, 4) is 0 Å². The number of ether oxygens (including phenoxy) is 1. The van der Waals surface area contributed by atoms with Crippen LogP contribution >= 0.6 is 23.5 Å². The van der Waals surface area contributed by atoms with Crippen LogP contribution in [0.2, 0.25) is 5.02 Å². The van der Waals surface area contributed by atoms with Crippen molar-refractivity contribution < 1.29 is 9.13 Å². The molecule has 5 nitrogen and oxygen atoms in total. The number of aliphatic imine (C=N–C) groups is 2. The number of hydrogen-bond acceptors (Lipinski definition) is 6. The van der Waals surface area contributed by atoms with Crippen LogP contribution < -0.4 is 4.72 Å². The van der Waals surface area contributed by atoms with Crippen molar-refractivity contribution in [2.45, 2.75) is 52.5 Å². The van der Waals surface area contributed by atoms with E-state index in [0.29, 0.717) is 12.6 Å². The molecule has 4 rings (SSSR count). The van der Waals surface area contributed by atoms with Crippen LogP contribution in [0.25, 0.3) is 0 Å². The molecule has 1 atom stereocenters. The highest BCUT2D eigenvalue weighted by atomic mass is 35.5. The summed E-state index contributed by atoms with van der Waals surface area (Å²) >= 11 is 7.01. The van der Waals surface area contributed by atoms with Crippen LogP contribution in [-0.2, 0) is 4.74 Å². The summed E-state index contributed by atoms with van der Waals surface area (Å²) in [7, 11) is 1.75. The van der Waals surface area contributed by atoms with Crippen LogP contribution in [0.3, 0.4) is 0 Å². The average molecular weight is 507 g/mol. The lowest BCUT2D eigenvalue weighted by Crippen LogP contribution is -2.38. The van der Waals surface area contributed by atoms with E-state index in [1.165, 1.54) is 29.8 Å². The molecule has 186 valence electrons. The van der Waals surface area contributed by atoms with Crippen LogP contribution in [0.4, 0.5) is 4.39 Å². The van der Waals surface area contributed by atoms with Gasteiger partial charge in [-0.05, 0) is 30.9 Å². The number of hydrogen-bond donors (Lipinski definition) is 1. The van der Waals surface area contributed by atoms with Crippen LogP contribution in [0.5, 0.6) is 0 Å². The molecule has 0 radical (unpaired) electrons. The molecule has 1 saturated heterocycles. The van der Waals surface area contributed by atoms with Gasteiger partial charge in [0.1, 0.15) is 11.6 Å². The predicted molar refractivity (Wildman–Crippen MR) is 145 cm³/mol. The van der Waals surface area contributed by atoms with Crippen molar-refractivity contribution in [2.75, 3.05) is 26.5 Å². The Morgan fingerprint density at radius 1 is 1.32 bits per heavy atom. The van der Waals surface area contributed by atoms with Gasteiger partial charge in [0.05, 0.1) is 24.4 Å². The number of amidine groups is 1. The Labute approximate surface area is 213 Å². The molecule has 0 bridgehead atoms. The minimum atomic E-state index is -0.367. The molecule has 1 fully saturated rings. The van der Waals surface area contributed by atoms with Gasteiger partial charge in [-0.3, -0.25) is 14.7 Å². The normalized spacial score (nSPS) is 19.0. The minimum absolute atomic E-state index is 0.174. The van der Waals surface area contributed by atoms with Gasteiger partial charge in [0.15, 0.2) is 5.84 Å². The summed E-state index contributed by atoms with van der Waals surface area (Å²) in [6.45, 7) is 7.98. The highest BCUT2D eigenvalue weighted by Crippen LogP contribution is 2.33. The Hall–Kier alpha value is -2.09. The standard InChI is InChI=1S/C17H24N4OS.C6H4ClF.C3H8/c1-4-6-16(22-2)13-10-19-17(14-7-5-8-18-14)21-11-12(20-23-3)9-15(13)21;7-5-3-1-2-4-6(5)8;1-3-2/h5-6,8,12,20H,4,7,9-11H2,1-3H3;1-4H;3H2,1-2H3/b16-6-;;. The van der Waals surface area contributed by atoms with Crippen LogP contribution in [0.15, 0.2) is 69.6 Å². The molecule has 1 aromatic carbocycles. The van der Waals surface area contributed by atoms with Gasteiger partial charge in [0.2, 0.25) is 0 Å². The molecule has 3 aliphatic heterocycles. The molecule has 0 amide bonds. The van der Waals surface area contributed by atoms with E-state index in [0.717, 1.165) is 43.1 Å². The fourth-order valence-corrected chi connectivity index (χ4v) is 4.37. The molecule has 0 aromatic heterocycles. The third kappa shape index (κ3) is 7.72. The second-order valence-electron chi connectivity index (χ2n) is 7.87. The van der Waals surface area contributed by atoms with E-state index in [-0.39, 0.29) is 10.8 Å². The first-order chi connectivity index (χ1) is 16.5. The summed E-state index contributed by atoms with van der Waals surface area (Å²) in [5, 5.41) is 0.174. The number of nitrogens with zero attached hydrogens (tertiary/aromatic N) is 3.